The molecule has 0 saturated carbocycles. The molecule has 8 heteroatoms. The minimum atomic E-state index is -0.700. The smallest absolute Gasteiger partial charge is 0.264 e. The van der Waals surface area contributed by atoms with E-state index >= 15 is 0 Å². The van der Waals surface area contributed by atoms with E-state index in [0.717, 1.165) is 5.56 Å². The summed E-state index contributed by atoms with van der Waals surface area (Å²) < 4.78 is 0. The number of carbonyl (C=O) groups is 4. The van der Waals surface area contributed by atoms with Crippen LogP contribution < -0.4 is 16.0 Å². The summed E-state index contributed by atoms with van der Waals surface area (Å²) in [6.45, 7) is 1.71. The minimum absolute atomic E-state index is 0.291. The van der Waals surface area contributed by atoms with Crippen LogP contribution in [-0.2, 0) is 25.7 Å². The first-order chi connectivity index (χ1) is 12.0. The molecule has 2 rings (SSSR count). The van der Waals surface area contributed by atoms with Gasteiger partial charge in [0.2, 0.25) is 11.8 Å². The summed E-state index contributed by atoms with van der Waals surface area (Å²) in [5.74, 6) is -1.06. The van der Waals surface area contributed by atoms with E-state index in [1.54, 1.807) is 0 Å². The topological polar surface area (TPSA) is 104 Å². The second kappa shape index (κ2) is 9.03. The Morgan fingerprint density at radius 2 is 1.92 bits per heavy atom. The van der Waals surface area contributed by atoms with E-state index in [9.17, 15) is 19.2 Å². The normalized spacial score (nSPS) is 14.5. The van der Waals surface area contributed by atoms with Crippen molar-refractivity contribution in [2.45, 2.75) is 25.9 Å². The predicted octanol–water partition coefficient (Wildman–Crippen LogP) is 0.471. The molecule has 1 aromatic rings. The van der Waals surface area contributed by atoms with Crippen molar-refractivity contribution < 1.29 is 19.2 Å². The zero-order valence-electron chi connectivity index (χ0n) is 13.7. The molecule has 0 saturated heterocycles. The number of nitrogens with one attached hydrogen (secondary N) is 3. The number of rotatable bonds is 8. The van der Waals surface area contributed by atoms with Crippen LogP contribution in [0.5, 0.6) is 0 Å². The Bertz CT molecular complexity index is 703. The number of hydrogen-bond donors (Lipinski definition) is 3. The van der Waals surface area contributed by atoms with Gasteiger partial charge in [-0.1, -0.05) is 30.3 Å². The molecule has 0 bridgehead atoms. The number of amides is 4. The molecule has 0 aliphatic carbocycles. The Balaban J connectivity index is 1.85. The molecule has 1 heterocycles. The average molecular weight is 361 g/mol. The van der Waals surface area contributed by atoms with Crippen LogP contribution in [0.4, 0.5) is 0 Å². The van der Waals surface area contributed by atoms with Crippen LogP contribution in [0.15, 0.2) is 41.3 Å². The van der Waals surface area contributed by atoms with E-state index in [1.807, 2.05) is 30.3 Å². The summed E-state index contributed by atoms with van der Waals surface area (Å²) in [5.41, 5.74) is 0.957. The fourth-order valence-corrected chi connectivity index (χ4v) is 3.16. The first-order valence-corrected chi connectivity index (χ1v) is 8.73. The molecule has 1 atom stereocenters. The highest BCUT2D eigenvalue weighted by molar-refractivity contribution is 8.04. The summed E-state index contributed by atoms with van der Waals surface area (Å²) in [5, 5.41) is 7.56. The SMILES string of the molecule is CC(=O)N[C@@H](CCSC1=CC(=O)NC1=O)C(=O)NCc1ccccc1. The third-order valence-electron chi connectivity index (χ3n) is 3.39. The van der Waals surface area contributed by atoms with Crippen molar-refractivity contribution in [2.24, 2.45) is 0 Å². The highest BCUT2D eigenvalue weighted by Gasteiger charge is 2.23. The van der Waals surface area contributed by atoms with Gasteiger partial charge in [-0.2, -0.15) is 0 Å². The molecule has 0 fully saturated rings. The quantitative estimate of drug-likeness (QED) is 0.584. The number of benzene rings is 1. The number of thioether (sulfide) groups is 1. The van der Waals surface area contributed by atoms with Gasteiger partial charge < -0.3 is 10.6 Å². The van der Waals surface area contributed by atoms with E-state index in [-0.39, 0.29) is 11.8 Å². The predicted molar refractivity (Wildman–Crippen MR) is 94.2 cm³/mol. The standard InChI is InChI=1S/C17H19N3O4S/c1-11(21)19-13(7-8-25-14-9-15(22)20-17(14)24)16(23)18-10-12-5-3-2-4-6-12/h2-6,9,13H,7-8,10H2,1H3,(H,18,23)(H,19,21)(H,20,22,24)/t13-/m0/s1. The van der Waals surface area contributed by atoms with Crippen molar-refractivity contribution in [1.82, 2.24) is 16.0 Å². The molecular weight excluding hydrogens is 342 g/mol. The van der Waals surface area contributed by atoms with Gasteiger partial charge in [0.15, 0.2) is 0 Å². The Labute approximate surface area is 149 Å². The highest BCUT2D eigenvalue weighted by atomic mass is 32.2. The third-order valence-corrected chi connectivity index (χ3v) is 4.44. The monoisotopic (exact) mass is 361 g/mol. The Morgan fingerprint density at radius 3 is 2.52 bits per heavy atom. The molecule has 1 aromatic carbocycles. The lowest BCUT2D eigenvalue weighted by molar-refractivity contribution is -0.128. The summed E-state index contributed by atoms with van der Waals surface area (Å²) in [6.07, 6.45) is 1.57. The Morgan fingerprint density at radius 1 is 1.20 bits per heavy atom. The van der Waals surface area contributed by atoms with E-state index in [2.05, 4.69) is 16.0 Å². The van der Waals surface area contributed by atoms with Crippen molar-refractivity contribution in [2.75, 3.05) is 5.75 Å². The van der Waals surface area contributed by atoms with Crippen LogP contribution in [-0.4, -0.2) is 35.4 Å². The van der Waals surface area contributed by atoms with Crippen LogP contribution in [0.1, 0.15) is 18.9 Å². The Hall–Kier alpha value is -2.61. The van der Waals surface area contributed by atoms with Crippen LogP contribution in [0.25, 0.3) is 0 Å². The first kappa shape index (κ1) is 18.7. The molecule has 7 nitrogen and oxygen atoms in total. The minimum Gasteiger partial charge on any atom is -0.350 e. The highest BCUT2D eigenvalue weighted by Crippen LogP contribution is 2.20. The molecule has 0 radical (unpaired) electrons. The lowest BCUT2D eigenvalue weighted by Crippen LogP contribution is -2.46. The average Bonchev–Trinajstić information content (AvgIpc) is 2.90. The number of imide groups is 1. The van der Waals surface area contributed by atoms with E-state index in [0.29, 0.717) is 23.6 Å². The van der Waals surface area contributed by atoms with Gasteiger partial charge in [0, 0.05) is 25.3 Å². The molecular formula is C17H19N3O4S. The fourth-order valence-electron chi connectivity index (χ4n) is 2.21. The zero-order valence-corrected chi connectivity index (χ0v) is 14.5. The Kier molecular flexibility index (Phi) is 6.76. The van der Waals surface area contributed by atoms with Gasteiger partial charge in [-0.15, -0.1) is 11.8 Å². The summed E-state index contributed by atoms with van der Waals surface area (Å²) in [4.78, 5) is 46.5. The van der Waals surface area contributed by atoms with Gasteiger partial charge in [0.25, 0.3) is 11.8 Å². The molecule has 25 heavy (non-hydrogen) atoms. The molecule has 0 spiro atoms. The lowest BCUT2D eigenvalue weighted by Gasteiger charge is -2.17. The first-order valence-electron chi connectivity index (χ1n) is 7.74. The molecule has 0 unspecified atom stereocenters. The van der Waals surface area contributed by atoms with Crippen molar-refractivity contribution >= 4 is 35.4 Å². The van der Waals surface area contributed by atoms with Crippen molar-refractivity contribution in [3.05, 3.63) is 46.9 Å². The maximum absolute atomic E-state index is 12.3. The summed E-state index contributed by atoms with van der Waals surface area (Å²) in [6, 6.07) is 8.74. The largest absolute Gasteiger partial charge is 0.350 e. The van der Waals surface area contributed by atoms with Crippen molar-refractivity contribution in [1.29, 1.82) is 0 Å². The summed E-state index contributed by atoms with van der Waals surface area (Å²) >= 11 is 1.18. The molecule has 1 aliphatic heterocycles. The molecule has 4 amide bonds. The molecule has 3 N–H and O–H groups in total. The van der Waals surface area contributed by atoms with Gasteiger partial charge in [0.1, 0.15) is 6.04 Å². The van der Waals surface area contributed by atoms with Crippen molar-refractivity contribution in [3.8, 4) is 0 Å². The van der Waals surface area contributed by atoms with Crippen molar-refractivity contribution in [3.63, 3.8) is 0 Å². The summed E-state index contributed by atoms with van der Waals surface area (Å²) in [7, 11) is 0. The second-order valence-corrected chi connectivity index (χ2v) is 6.56. The van der Waals surface area contributed by atoms with Crippen LogP contribution >= 0.6 is 11.8 Å². The number of hydrogen-bond acceptors (Lipinski definition) is 5. The van der Waals surface area contributed by atoms with Crippen LogP contribution in [0, 0.1) is 0 Å². The second-order valence-electron chi connectivity index (χ2n) is 5.42. The zero-order chi connectivity index (χ0) is 18.2. The van der Waals surface area contributed by atoms with E-state index in [1.165, 1.54) is 24.8 Å². The van der Waals surface area contributed by atoms with E-state index in [4.69, 9.17) is 0 Å². The maximum Gasteiger partial charge on any atom is 0.264 e. The van der Waals surface area contributed by atoms with Crippen LogP contribution in [0.2, 0.25) is 0 Å². The van der Waals surface area contributed by atoms with Crippen LogP contribution in [0.3, 0.4) is 0 Å². The molecule has 132 valence electrons. The molecule has 0 aromatic heterocycles. The van der Waals surface area contributed by atoms with Gasteiger partial charge in [-0.05, 0) is 12.0 Å². The van der Waals surface area contributed by atoms with E-state index < -0.39 is 17.9 Å². The number of carbonyl (C=O) groups excluding carboxylic acids is 4. The van der Waals surface area contributed by atoms with Gasteiger partial charge >= 0.3 is 0 Å². The lowest BCUT2D eigenvalue weighted by atomic mass is 10.2. The third kappa shape index (κ3) is 6.07. The van der Waals surface area contributed by atoms with Gasteiger partial charge in [0.05, 0.1) is 4.91 Å². The molecule has 1 aliphatic rings. The van der Waals surface area contributed by atoms with Gasteiger partial charge in [-0.3, -0.25) is 24.5 Å². The van der Waals surface area contributed by atoms with Gasteiger partial charge in [-0.25, -0.2) is 0 Å². The maximum atomic E-state index is 12.3. The fraction of sp³-hybridized carbons (Fsp3) is 0.294.